The molecule has 2 aliphatic rings. The molecule has 2 aromatic rings. The van der Waals surface area contributed by atoms with Gasteiger partial charge < -0.3 is 14.8 Å². The van der Waals surface area contributed by atoms with Crippen molar-refractivity contribution < 1.29 is 23.0 Å². The zero-order valence-electron chi connectivity index (χ0n) is 14.3. The van der Waals surface area contributed by atoms with Crippen LogP contribution in [0, 0.1) is 18.6 Å². The van der Waals surface area contributed by atoms with E-state index in [0.29, 0.717) is 18.9 Å². The lowest BCUT2D eigenvalue weighted by Crippen LogP contribution is -2.39. The smallest absolute Gasteiger partial charge is 0.239 e. The monoisotopic (exact) mass is 364 g/mol. The number of amides is 1. The summed E-state index contributed by atoms with van der Waals surface area (Å²) in [4.78, 5) is 14.1. The number of carbonyl (C=O) groups is 1. The Hall–Kier alpha value is -2.68. The summed E-state index contributed by atoms with van der Waals surface area (Å²) in [6.07, 6.45) is -0.906. The van der Waals surface area contributed by atoms with E-state index in [9.17, 15) is 13.6 Å². The Balaban J connectivity index is 1.40. The van der Waals surface area contributed by atoms with Crippen molar-refractivity contribution in [2.45, 2.75) is 19.1 Å². The molecule has 1 N–H and O–H groups in total. The molecule has 0 aliphatic carbocycles. The van der Waals surface area contributed by atoms with Crippen molar-refractivity contribution in [3.63, 3.8) is 0 Å². The molecule has 1 saturated heterocycles. The van der Waals surface area contributed by atoms with Crippen LogP contribution < -0.4 is 14.8 Å². The number of nitrogens with one attached hydrogen (secondary N) is 1. The summed E-state index contributed by atoms with van der Waals surface area (Å²) in [5.74, 6) is -1.34. The Morgan fingerprint density at radius 1 is 1.23 bits per heavy atom. The Kier molecular flexibility index (Phi) is 4.03. The van der Waals surface area contributed by atoms with Crippen LogP contribution in [0.2, 0.25) is 0 Å². The van der Waals surface area contributed by atoms with E-state index in [1.807, 2.05) is 11.8 Å². The quantitative estimate of drug-likeness (QED) is 0.893. The first-order chi connectivity index (χ1) is 12.4. The van der Waals surface area contributed by atoms with Crippen molar-refractivity contribution in [3.8, 4) is 11.5 Å². The number of carbonyl (C=O) groups excluding carboxylic acids is 1. The fourth-order valence-corrected chi connectivity index (χ4v) is 3.32. The van der Waals surface area contributed by atoms with Gasteiger partial charge in [0.2, 0.25) is 17.4 Å². The van der Waals surface area contributed by atoms with Crippen LogP contribution in [0.5, 0.6) is 11.5 Å². The van der Waals surface area contributed by atoms with Crippen molar-refractivity contribution >= 4 is 11.7 Å². The number of hydrogen-bond acceptors (Lipinski definition) is 5. The topological polar surface area (TPSA) is 68.6 Å². The van der Waals surface area contributed by atoms with E-state index in [2.05, 4.69) is 10.4 Å². The molecule has 4 rings (SSSR count). The molecule has 0 radical (unpaired) electrons. The lowest BCUT2D eigenvalue weighted by atomic mass is 10.2. The molecule has 0 bridgehead atoms. The first-order valence-corrected chi connectivity index (χ1v) is 8.25. The number of nitrogens with zero attached hydrogens (tertiary/aromatic N) is 3. The molecule has 138 valence electrons. The molecule has 1 aromatic heterocycles. The number of aryl methyl sites for hydroxylation is 2. The van der Waals surface area contributed by atoms with Crippen molar-refractivity contribution in [2.24, 2.45) is 7.05 Å². The average Bonchev–Trinajstić information content (AvgIpc) is 3.11. The third kappa shape index (κ3) is 2.98. The molecule has 1 aromatic carbocycles. The van der Waals surface area contributed by atoms with Crippen molar-refractivity contribution in [2.75, 3.05) is 25.0 Å². The number of halogens is 2. The van der Waals surface area contributed by atoms with Gasteiger partial charge in [-0.2, -0.15) is 5.10 Å². The number of ether oxygens (including phenoxy) is 2. The lowest BCUT2D eigenvalue weighted by Gasteiger charge is -2.28. The number of hydrogen-bond donors (Lipinski definition) is 1. The molecular weight excluding hydrogens is 346 g/mol. The predicted octanol–water partition coefficient (Wildman–Crippen LogP) is 1.47. The largest absolute Gasteiger partial charge is 0.478 e. The van der Waals surface area contributed by atoms with E-state index >= 15 is 0 Å². The number of benzene rings is 1. The van der Waals surface area contributed by atoms with Crippen LogP contribution in [0.25, 0.3) is 0 Å². The third-order valence-electron chi connectivity index (χ3n) is 4.48. The highest BCUT2D eigenvalue weighted by molar-refractivity contribution is 5.91. The van der Waals surface area contributed by atoms with E-state index < -0.39 is 23.8 Å². The molecule has 1 fully saturated rings. The zero-order chi connectivity index (χ0) is 18.4. The van der Waals surface area contributed by atoms with Crippen LogP contribution in [-0.4, -0.2) is 52.4 Å². The third-order valence-corrected chi connectivity index (χ3v) is 4.48. The van der Waals surface area contributed by atoms with E-state index in [1.165, 1.54) is 0 Å². The van der Waals surface area contributed by atoms with Crippen LogP contribution in [-0.2, 0) is 11.8 Å². The van der Waals surface area contributed by atoms with Gasteiger partial charge in [-0.3, -0.25) is 14.4 Å². The van der Waals surface area contributed by atoms with Crippen LogP contribution in [0.15, 0.2) is 18.2 Å². The van der Waals surface area contributed by atoms with Gasteiger partial charge in [0.15, 0.2) is 11.6 Å². The van der Waals surface area contributed by atoms with E-state index in [4.69, 9.17) is 9.47 Å². The SMILES string of the molecule is Cc1cc(NC(=O)CN2C[C@@H]3Oc4c(F)ccc(F)c4O[C@@H]3C2)n(C)n1. The van der Waals surface area contributed by atoms with Gasteiger partial charge in [0, 0.05) is 26.2 Å². The van der Waals surface area contributed by atoms with E-state index in [-0.39, 0.29) is 24.0 Å². The van der Waals surface area contributed by atoms with Crippen LogP contribution in [0.1, 0.15) is 5.69 Å². The highest BCUT2D eigenvalue weighted by Gasteiger charge is 2.42. The summed E-state index contributed by atoms with van der Waals surface area (Å²) < 4.78 is 40.5. The maximum atomic E-state index is 13.8. The summed E-state index contributed by atoms with van der Waals surface area (Å²) in [5.41, 5.74) is 0.804. The summed E-state index contributed by atoms with van der Waals surface area (Å²) in [6.45, 7) is 2.73. The molecule has 7 nitrogen and oxygen atoms in total. The molecule has 0 spiro atoms. The molecule has 9 heteroatoms. The van der Waals surface area contributed by atoms with Crippen molar-refractivity contribution in [1.29, 1.82) is 0 Å². The van der Waals surface area contributed by atoms with Crippen LogP contribution in [0.3, 0.4) is 0 Å². The Morgan fingerprint density at radius 2 is 1.81 bits per heavy atom. The lowest BCUT2D eigenvalue weighted by molar-refractivity contribution is -0.117. The molecule has 2 aliphatic heterocycles. The van der Waals surface area contributed by atoms with Gasteiger partial charge in [0.05, 0.1) is 12.2 Å². The Bertz CT molecular complexity index is 831. The number of fused-ring (bicyclic) bond motifs is 2. The molecule has 0 saturated carbocycles. The zero-order valence-corrected chi connectivity index (χ0v) is 14.3. The first-order valence-electron chi connectivity index (χ1n) is 8.25. The second kappa shape index (κ2) is 6.24. The van der Waals surface area contributed by atoms with Gasteiger partial charge in [-0.05, 0) is 19.1 Å². The predicted molar refractivity (Wildman–Crippen MR) is 88.2 cm³/mol. The van der Waals surface area contributed by atoms with Gasteiger partial charge in [-0.15, -0.1) is 0 Å². The van der Waals surface area contributed by atoms with Gasteiger partial charge >= 0.3 is 0 Å². The van der Waals surface area contributed by atoms with Gasteiger partial charge in [-0.1, -0.05) is 0 Å². The van der Waals surface area contributed by atoms with Gasteiger partial charge in [0.1, 0.15) is 18.0 Å². The molecular formula is C17H18F2N4O3. The van der Waals surface area contributed by atoms with Crippen molar-refractivity contribution in [3.05, 3.63) is 35.5 Å². The number of rotatable bonds is 3. The van der Waals surface area contributed by atoms with E-state index in [1.54, 1.807) is 17.8 Å². The number of likely N-dealkylation sites (tertiary alicyclic amines) is 1. The summed E-state index contributed by atoms with van der Waals surface area (Å²) in [6, 6.07) is 3.79. The minimum Gasteiger partial charge on any atom is -0.478 e. The molecule has 2 atom stereocenters. The maximum Gasteiger partial charge on any atom is 0.239 e. The minimum atomic E-state index is -0.664. The van der Waals surface area contributed by atoms with Gasteiger partial charge in [-0.25, -0.2) is 8.78 Å². The molecule has 0 unspecified atom stereocenters. The van der Waals surface area contributed by atoms with Crippen LogP contribution in [0.4, 0.5) is 14.6 Å². The van der Waals surface area contributed by atoms with Gasteiger partial charge in [0.25, 0.3) is 0 Å². The number of aromatic nitrogens is 2. The summed E-state index contributed by atoms with van der Waals surface area (Å²) in [5, 5.41) is 6.96. The first kappa shape index (κ1) is 16.8. The highest BCUT2D eigenvalue weighted by atomic mass is 19.1. The molecule has 3 heterocycles. The van der Waals surface area contributed by atoms with E-state index in [0.717, 1.165) is 17.8 Å². The van der Waals surface area contributed by atoms with Crippen molar-refractivity contribution in [1.82, 2.24) is 14.7 Å². The fourth-order valence-electron chi connectivity index (χ4n) is 3.32. The highest BCUT2D eigenvalue weighted by Crippen LogP contribution is 2.40. The average molecular weight is 364 g/mol. The normalized spacial score (nSPS) is 21.5. The van der Waals surface area contributed by atoms with Crippen LogP contribution >= 0.6 is 0 Å². The summed E-state index contributed by atoms with van der Waals surface area (Å²) in [7, 11) is 1.75. The minimum absolute atomic E-state index is 0.116. The molecule has 26 heavy (non-hydrogen) atoms. The fraction of sp³-hybridized carbons (Fsp3) is 0.412. The molecule has 1 amide bonds. The Labute approximate surface area is 148 Å². The second-order valence-electron chi connectivity index (χ2n) is 6.54. The number of anilines is 1. The standard InChI is InChI=1S/C17H18F2N4O3/c1-9-5-14(22(2)21-9)20-15(24)8-23-6-12-13(7-23)26-17-11(19)4-3-10(18)16(17)25-12/h3-5,12-13H,6-8H2,1-2H3,(H,20,24)/t12-,13+. The second-order valence-corrected chi connectivity index (χ2v) is 6.54. The maximum absolute atomic E-state index is 13.8. The Morgan fingerprint density at radius 3 is 2.31 bits per heavy atom. The summed E-state index contributed by atoms with van der Waals surface area (Å²) >= 11 is 0.